The normalized spacial score (nSPS) is 20.2. The minimum absolute atomic E-state index is 0.0166. The number of benzene rings is 1. The van der Waals surface area contributed by atoms with E-state index in [-0.39, 0.29) is 42.0 Å². The molecule has 0 bridgehead atoms. The number of ether oxygens (including phenoxy) is 1. The average Bonchev–Trinajstić information content (AvgIpc) is 3.67. The quantitative estimate of drug-likeness (QED) is 0.435. The Hall–Kier alpha value is -3.04. The maximum Gasteiger partial charge on any atom is 0.252 e. The molecule has 9 heteroatoms. The van der Waals surface area contributed by atoms with Crippen LogP contribution in [0.25, 0.3) is 10.4 Å². The van der Waals surface area contributed by atoms with Crippen LogP contribution in [0.2, 0.25) is 0 Å². The van der Waals surface area contributed by atoms with E-state index >= 15 is 0 Å². The van der Waals surface area contributed by atoms with Crippen molar-refractivity contribution in [2.45, 2.75) is 77.6 Å². The minimum atomic E-state index is -0.765. The van der Waals surface area contributed by atoms with Gasteiger partial charge in [0.2, 0.25) is 5.91 Å². The summed E-state index contributed by atoms with van der Waals surface area (Å²) in [5.74, 6) is -0.330. The van der Waals surface area contributed by atoms with Crippen LogP contribution in [-0.4, -0.2) is 77.7 Å². The molecule has 0 radical (unpaired) electrons. The van der Waals surface area contributed by atoms with Gasteiger partial charge in [0.05, 0.1) is 12.6 Å². The fraction of sp³-hybridized carbons (Fsp3) is 0.548. The Kier molecular flexibility index (Phi) is 9.79. The van der Waals surface area contributed by atoms with Crippen LogP contribution in [0.3, 0.4) is 0 Å². The lowest BCUT2D eigenvalue weighted by molar-refractivity contribution is -0.144. The fourth-order valence-corrected chi connectivity index (χ4v) is 6.47. The Morgan fingerprint density at radius 1 is 1.00 bits per heavy atom. The number of nitrogens with one attached hydrogen (secondary N) is 1. The van der Waals surface area contributed by atoms with E-state index in [0.717, 1.165) is 16.9 Å². The van der Waals surface area contributed by atoms with E-state index in [1.165, 1.54) is 7.11 Å². The van der Waals surface area contributed by atoms with Crippen LogP contribution >= 0.6 is 11.3 Å². The number of likely N-dealkylation sites (tertiary alicyclic amines) is 2. The maximum absolute atomic E-state index is 13.8. The zero-order valence-corrected chi connectivity index (χ0v) is 24.9. The van der Waals surface area contributed by atoms with Crippen molar-refractivity contribution in [1.82, 2.24) is 15.1 Å². The van der Waals surface area contributed by atoms with Crippen molar-refractivity contribution in [2.24, 2.45) is 11.8 Å². The second-order valence-corrected chi connectivity index (χ2v) is 12.6. The highest BCUT2D eigenvalue weighted by atomic mass is 32.1. The van der Waals surface area contributed by atoms with Crippen molar-refractivity contribution < 1.29 is 23.9 Å². The number of carbonyl (C=O) groups excluding carboxylic acids is 4. The van der Waals surface area contributed by atoms with Crippen LogP contribution in [-0.2, 0) is 19.1 Å². The summed E-state index contributed by atoms with van der Waals surface area (Å²) in [7, 11) is 1.53. The maximum atomic E-state index is 13.8. The predicted molar refractivity (Wildman–Crippen MR) is 156 cm³/mol. The predicted octanol–water partition coefficient (Wildman–Crippen LogP) is 4.39. The molecule has 3 heterocycles. The van der Waals surface area contributed by atoms with Crippen molar-refractivity contribution >= 4 is 34.8 Å². The standard InChI is InChI=1S/C31H41N3O5S/c1-19(2)8-13-26(39-5)31(38)34-18-25(35)28-24(34)14-15-33(28)30(37)23(17-20(3)4)32-29(36)22-11-9-21(10-12-22)27-7-6-16-40-27/h6-7,9-12,16,19-20,23-24,26,28H,8,13-15,17-18H2,1-5H3,(H,32,36). The minimum Gasteiger partial charge on any atom is -0.372 e. The summed E-state index contributed by atoms with van der Waals surface area (Å²) >= 11 is 1.63. The first-order chi connectivity index (χ1) is 19.1. The molecule has 2 fully saturated rings. The van der Waals surface area contributed by atoms with Gasteiger partial charge in [-0.2, -0.15) is 0 Å². The highest BCUT2D eigenvalue weighted by Gasteiger charge is 2.53. The highest BCUT2D eigenvalue weighted by Crippen LogP contribution is 2.32. The summed E-state index contributed by atoms with van der Waals surface area (Å²) < 4.78 is 5.50. The molecule has 0 saturated carbocycles. The van der Waals surface area contributed by atoms with E-state index in [1.54, 1.807) is 33.3 Å². The molecular weight excluding hydrogens is 526 g/mol. The van der Waals surface area contributed by atoms with E-state index < -0.39 is 18.2 Å². The van der Waals surface area contributed by atoms with E-state index in [4.69, 9.17) is 4.74 Å². The number of methoxy groups -OCH3 is 1. The molecule has 4 unspecified atom stereocenters. The van der Waals surface area contributed by atoms with Gasteiger partial charge in [-0.1, -0.05) is 45.9 Å². The van der Waals surface area contributed by atoms with Crippen LogP contribution in [0.5, 0.6) is 0 Å². The van der Waals surface area contributed by atoms with Crippen LogP contribution < -0.4 is 5.32 Å². The van der Waals surface area contributed by atoms with Crippen molar-refractivity contribution in [2.75, 3.05) is 20.2 Å². The zero-order chi connectivity index (χ0) is 29.0. The smallest absolute Gasteiger partial charge is 0.252 e. The van der Waals surface area contributed by atoms with Gasteiger partial charge >= 0.3 is 0 Å². The number of thiophene rings is 1. The average molecular weight is 568 g/mol. The molecule has 8 nitrogen and oxygen atoms in total. The third kappa shape index (κ3) is 6.63. The first-order valence-corrected chi connectivity index (χ1v) is 15.1. The van der Waals surface area contributed by atoms with E-state index in [1.807, 2.05) is 43.5 Å². The fourth-order valence-electron chi connectivity index (χ4n) is 5.73. The molecule has 1 N–H and O–H groups in total. The molecule has 2 aliphatic rings. The molecule has 1 aromatic carbocycles. The second kappa shape index (κ2) is 13.1. The summed E-state index contributed by atoms with van der Waals surface area (Å²) in [6, 6.07) is 9.55. The van der Waals surface area contributed by atoms with E-state index in [0.29, 0.717) is 37.3 Å². The van der Waals surface area contributed by atoms with E-state index in [2.05, 4.69) is 19.2 Å². The van der Waals surface area contributed by atoms with Gasteiger partial charge in [-0.25, -0.2) is 0 Å². The lowest BCUT2D eigenvalue weighted by atomic mass is 10.0. The number of amides is 3. The van der Waals surface area contributed by atoms with Gasteiger partial charge in [0, 0.05) is 24.1 Å². The van der Waals surface area contributed by atoms with Crippen molar-refractivity contribution in [3.8, 4) is 10.4 Å². The monoisotopic (exact) mass is 567 g/mol. The number of Topliss-reactive ketones (excluding diaryl/α,β-unsaturated/α-hetero) is 1. The molecule has 3 amide bonds. The van der Waals surface area contributed by atoms with Crippen LogP contribution in [0.15, 0.2) is 41.8 Å². The number of carbonyl (C=O) groups is 4. The van der Waals surface area contributed by atoms with Crippen LogP contribution in [0, 0.1) is 11.8 Å². The van der Waals surface area contributed by atoms with Crippen LogP contribution in [0.1, 0.15) is 63.7 Å². The van der Waals surface area contributed by atoms with Gasteiger partial charge in [-0.3, -0.25) is 19.2 Å². The topological polar surface area (TPSA) is 96.0 Å². The SMILES string of the molecule is COC(CCC(C)C)C(=O)N1CC(=O)C2C1CCN2C(=O)C(CC(C)C)NC(=O)c1ccc(-c2cccs2)cc1. The Morgan fingerprint density at radius 3 is 2.33 bits per heavy atom. The van der Waals surface area contributed by atoms with E-state index in [9.17, 15) is 19.2 Å². The number of hydrogen-bond acceptors (Lipinski definition) is 6. The molecule has 2 aliphatic heterocycles. The van der Waals surface area contributed by atoms with Crippen molar-refractivity contribution in [1.29, 1.82) is 0 Å². The molecule has 2 saturated heterocycles. The van der Waals surface area contributed by atoms with Crippen molar-refractivity contribution in [3.05, 3.63) is 47.3 Å². The molecule has 40 heavy (non-hydrogen) atoms. The van der Waals surface area contributed by atoms with Crippen LogP contribution in [0.4, 0.5) is 0 Å². The molecule has 0 aliphatic carbocycles. The van der Waals surface area contributed by atoms with Gasteiger partial charge in [0.25, 0.3) is 11.8 Å². The molecule has 4 atom stereocenters. The lowest BCUT2D eigenvalue weighted by Crippen LogP contribution is -2.53. The van der Waals surface area contributed by atoms with Crippen molar-refractivity contribution in [3.63, 3.8) is 0 Å². The Balaban J connectivity index is 1.46. The summed E-state index contributed by atoms with van der Waals surface area (Å²) in [6.45, 7) is 8.54. The third-order valence-electron chi connectivity index (χ3n) is 7.82. The number of nitrogens with zero attached hydrogens (tertiary/aromatic N) is 2. The summed E-state index contributed by atoms with van der Waals surface area (Å²) in [6.07, 6.45) is 1.81. The number of hydrogen-bond donors (Lipinski definition) is 1. The van der Waals surface area contributed by atoms with Gasteiger partial charge in [0.15, 0.2) is 5.78 Å². The van der Waals surface area contributed by atoms with Gasteiger partial charge in [-0.05, 0) is 66.7 Å². The summed E-state index contributed by atoms with van der Waals surface area (Å²) in [5, 5.41) is 4.95. The first kappa shape index (κ1) is 29.9. The summed E-state index contributed by atoms with van der Waals surface area (Å²) in [5.41, 5.74) is 1.50. The first-order valence-electron chi connectivity index (χ1n) is 14.2. The van der Waals surface area contributed by atoms with Gasteiger partial charge in [-0.15, -0.1) is 11.3 Å². The zero-order valence-electron chi connectivity index (χ0n) is 24.1. The molecule has 4 rings (SSSR count). The Bertz CT molecular complexity index is 1190. The molecule has 0 spiro atoms. The molecular formula is C31H41N3O5S. The number of fused-ring (bicyclic) bond motifs is 1. The number of ketones is 1. The lowest BCUT2D eigenvalue weighted by Gasteiger charge is -2.29. The highest BCUT2D eigenvalue weighted by molar-refractivity contribution is 7.13. The third-order valence-corrected chi connectivity index (χ3v) is 8.74. The molecule has 2 aromatic rings. The Labute approximate surface area is 241 Å². The van der Waals surface area contributed by atoms with Gasteiger partial charge < -0.3 is 19.9 Å². The Morgan fingerprint density at radius 2 is 1.73 bits per heavy atom. The molecule has 1 aromatic heterocycles. The number of rotatable bonds is 11. The summed E-state index contributed by atoms with van der Waals surface area (Å²) in [4.78, 5) is 57.8. The molecule has 216 valence electrons. The second-order valence-electron chi connectivity index (χ2n) is 11.7. The van der Waals surface area contributed by atoms with Gasteiger partial charge in [0.1, 0.15) is 18.2 Å². The largest absolute Gasteiger partial charge is 0.372 e.